The monoisotopic (exact) mass is 217 g/mol. The Morgan fingerprint density at radius 1 is 1.38 bits per heavy atom. The van der Waals surface area contributed by atoms with Crippen molar-refractivity contribution >= 4 is 5.82 Å². The van der Waals surface area contributed by atoms with Gasteiger partial charge in [0.25, 0.3) is 0 Å². The number of anilines is 1. The summed E-state index contributed by atoms with van der Waals surface area (Å²) in [6, 6.07) is 3.53. The van der Waals surface area contributed by atoms with Gasteiger partial charge in [0, 0.05) is 11.1 Å². The van der Waals surface area contributed by atoms with Gasteiger partial charge in [0.1, 0.15) is 11.6 Å². The molecule has 5 nitrogen and oxygen atoms in total. The first kappa shape index (κ1) is 9.23. The van der Waals surface area contributed by atoms with Crippen molar-refractivity contribution < 1.29 is 9.84 Å². The lowest BCUT2D eigenvalue weighted by Crippen LogP contribution is -1.93. The first-order chi connectivity index (χ1) is 7.77. The van der Waals surface area contributed by atoms with Crippen LogP contribution in [0, 0.1) is 0 Å². The molecule has 0 saturated carbocycles. The van der Waals surface area contributed by atoms with Gasteiger partial charge in [0.05, 0.1) is 19.4 Å². The highest BCUT2D eigenvalue weighted by atomic mass is 16.5. The number of fused-ring (bicyclic) bond motifs is 1. The minimum Gasteiger partial charge on any atom is -0.507 e. The molecule has 0 aliphatic carbocycles. The van der Waals surface area contributed by atoms with E-state index < -0.39 is 0 Å². The molecule has 0 atom stereocenters. The smallest absolute Gasteiger partial charge is 0.126 e. The highest BCUT2D eigenvalue weighted by molar-refractivity contribution is 5.81. The van der Waals surface area contributed by atoms with Gasteiger partial charge in [-0.25, -0.2) is 0 Å². The fourth-order valence-electron chi connectivity index (χ4n) is 2.04. The number of nitrogens with one attached hydrogen (secondary N) is 1. The van der Waals surface area contributed by atoms with E-state index in [0.717, 1.165) is 22.3 Å². The number of H-pyrrole nitrogens is 1. The number of nitrogens with zero attached hydrogens (tertiary/aromatic N) is 1. The highest BCUT2D eigenvalue weighted by Gasteiger charge is 2.21. The van der Waals surface area contributed by atoms with Gasteiger partial charge < -0.3 is 15.6 Å². The van der Waals surface area contributed by atoms with Crippen molar-refractivity contribution in [3.05, 3.63) is 29.5 Å². The molecule has 16 heavy (non-hydrogen) atoms. The Morgan fingerprint density at radius 3 is 3.00 bits per heavy atom. The maximum Gasteiger partial charge on any atom is 0.126 e. The fraction of sp³-hybridized carbons (Fsp3) is 0.182. The zero-order valence-corrected chi connectivity index (χ0v) is 8.53. The molecule has 1 aliphatic heterocycles. The summed E-state index contributed by atoms with van der Waals surface area (Å²) in [6.07, 6.45) is 1.61. The van der Waals surface area contributed by atoms with Gasteiger partial charge in [-0.05, 0) is 17.2 Å². The highest BCUT2D eigenvalue weighted by Crippen LogP contribution is 2.39. The molecule has 0 saturated heterocycles. The van der Waals surface area contributed by atoms with E-state index in [4.69, 9.17) is 10.5 Å². The van der Waals surface area contributed by atoms with Crippen LogP contribution in [0.25, 0.3) is 11.1 Å². The second-order valence-electron chi connectivity index (χ2n) is 3.79. The Hall–Kier alpha value is -2.01. The van der Waals surface area contributed by atoms with Crippen LogP contribution in [0.4, 0.5) is 5.82 Å². The SMILES string of the molecule is Nc1[nH]ncc1-c1c(O)ccc2c1COC2. The molecule has 4 N–H and O–H groups in total. The number of nitrogens with two attached hydrogens (primary N) is 1. The number of phenols is 1. The summed E-state index contributed by atoms with van der Waals surface area (Å²) < 4.78 is 5.37. The number of aromatic amines is 1. The van der Waals surface area contributed by atoms with Crippen LogP contribution in [0.15, 0.2) is 18.3 Å². The minimum atomic E-state index is 0.206. The molecule has 2 aromatic rings. The van der Waals surface area contributed by atoms with Gasteiger partial charge in [-0.15, -0.1) is 0 Å². The lowest BCUT2D eigenvalue weighted by Gasteiger charge is -2.08. The van der Waals surface area contributed by atoms with Crippen LogP contribution in [0.2, 0.25) is 0 Å². The average molecular weight is 217 g/mol. The zero-order chi connectivity index (χ0) is 11.1. The van der Waals surface area contributed by atoms with Crippen molar-refractivity contribution in [3.8, 4) is 16.9 Å². The molecule has 0 fully saturated rings. The standard InChI is InChI=1S/C11H11N3O2/c12-11-7(3-13-14-11)10-8-5-16-4-6(8)1-2-9(10)15/h1-3,15H,4-5H2,(H3,12,13,14). The molecular formula is C11H11N3O2. The van der Waals surface area contributed by atoms with E-state index in [9.17, 15) is 5.11 Å². The van der Waals surface area contributed by atoms with Crippen LogP contribution in [0.1, 0.15) is 11.1 Å². The third-order valence-corrected chi connectivity index (χ3v) is 2.83. The van der Waals surface area contributed by atoms with Gasteiger partial charge >= 0.3 is 0 Å². The number of hydrogen-bond donors (Lipinski definition) is 3. The van der Waals surface area contributed by atoms with Crippen molar-refractivity contribution in [1.82, 2.24) is 10.2 Å². The third-order valence-electron chi connectivity index (χ3n) is 2.83. The molecule has 2 heterocycles. The molecule has 82 valence electrons. The van der Waals surface area contributed by atoms with Crippen LogP contribution in [0.3, 0.4) is 0 Å². The number of hydrogen-bond acceptors (Lipinski definition) is 4. The van der Waals surface area contributed by atoms with Crippen LogP contribution < -0.4 is 5.73 Å². The summed E-state index contributed by atoms with van der Waals surface area (Å²) in [5.41, 5.74) is 9.30. The first-order valence-corrected chi connectivity index (χ1v) is 4.98. The molecule has 1 aromatic heterocycles. The maximum absolute atomic E-state index is 9.92. The molecule has 1 aromatic carbocycles. The first-order valence-electron chi connectivity index (χ1n) is 4.98. The summed E-state index contributed by atoms with van der Waals surface area (Å²) in [5, 5.41) is 16.4. The molecule has 3 rings (SSSR count). The van der Waals surface area contributed by atoms with Crippen LogP contribution in [-0.2, 0) is 18.0 Å². The van der Waals surface area contributed by atoms with E-state index in [1.165, 1.54) is 0 Å². The second-order valence-corrected chi connectivity index (χ2v) is 3.79. The summed E-state index contributed by atoms with van der Waals surface area (Å²) in [6.45, 7) is 1.09. The van der Waals surface area contributed by atoms with Crippen LogP contribution in [0.5, 0.6) is 5.75 Å². The topological polar surface area (TPSA) is 84.2 Å². The number of phenolic OH excluding ortho intramolecular Hbond substituents is 1. The van der Waals surface area contributed by atoms with Gasteiger partial charge in [-0.2, -0.15) is 5.10 Å². The molecule has 0 radical (unpaired) electrons. The lowest BCUT2D eigenvalue weighted by molar-refractivity contribution is 0.134. The van der Waals surface area contributed by atoms with E-state index in [-0.39, 0.29) is 5.75 Å². The van der Waals surface area contributed by atoms with Gasteiger partial charge in [-0.1, -0.05) is 6.07 Å². The third kappa shape index (κ3) is 1.18. The molecule has 0 spiro atoms. The van der Waals surface area contributed by atoms with Gasteiger partial charge in [-0.3, -0.25) is 5.10 Å². The summed E-state index contributed by atoms with van der Waals surface area (Å²) >= 11 is 0. The van der Waals surface area contributed by atoms with Crippen LogP contribution >= 0.6 is 0 Å². The van der Waals surface area contributed by atoms with E-state index in [0.29, 0.717) is 19.0 Å². The Morgan fingerprint density at radius 2 is 2.25 bits per heavy atom. The minimum absolute atomic E-state index is 0.206. The predicted molar refractivity (Wildman–Crippen MR) is 58.6 cm³/mol. The van der Waals surface area contributed by atoms with Crippen molar-refractivity contribution in [2.24, 2.45) is 0 Å². The van der Waals surface area contributed by atoms with Gasteiger partial charge in [0.15, 0.2) is 0 Å². The van der Waals surface area contributed by atoms with E-state index >= 15 is 0 Å². The summed E-state index contributed by atoms with van der Waals surface area (Å²) in [4.78, 5) is 0. The van der Waals surface area contributed by atoms with Crippen molar-refractivity contribution in [1.29, 1.82) is 0 Å². The van der Waals surface area contributed by atoms with Crippen LogP contribution in [-0.4, -0.2) is 15.3 Å². The number of rotatable bonds is 1. The molecule has 0 unspecified atom stereocenters. The van der Waals surface area contributed by atoms with Crippen molar-refractivity contribution in [2.75, 3.05) is 5.73 Å². The number of aromatic hydroxyl groups is 1. The Kier molecular flexibility index (Phi) is 1.87. The van der Waals surface area contributed by atoms with E-state index in [2.05, 4.69) is 10.2 Å². The fourth-order valence-corrected chi connectivity index (χ4v) is 2.04. The Balaban J connectivity index is 2.28. The summed E-state index contributed by atoms with van der Waals surface area (Å²) in [7, 11) is 0. The molecule has 5 heteroatoms. The molecule has 1 aliphatic rings. The summed E-state index contributed by atoms with van der Waals surface area (Å²) in [5.74, 6) is 0.660. The van der Waals surface area contributed by atoms with Gasteiger partial charge in [0.2, 0.25) is 0 Å². The lowest BCUT2D eigenvalue weighted by atomic mass is 9.97. The Bertz CT molecular complexity index is 548. The zero-order valence-electron chi connectivity index (χ0n) is 8.53. The largest absolute Gasteiger partial charge is 0.507 e. The molecule has 0 bridgehead atoms. The van der Waals surface area contributed by atoms with Crippen molar-refractivity contribution in [2.45, 2.75) is 13.2 Å². The number of ether oxygens (including phenoxy) is 1. The van der Waals surface area contributed by atoms with Crippen molar-refractivity contribution in [3.63, 3.8) is 0 Å². The maximum atomic E-state index is 9.92. The number of nitrogen functional groups attached to an aromatic ring is 1. The predicted octanol–water partition coefficient (Wildman–Crippen LogP) is 1.39. The molecular weight excluding hydrogens is 206 g/mol. The molecule has 0 amide bonds. The second kappa shape index (κ2) is 3.24. The average Bonchev–Trinajstić information content (AvgIpc) is 2.87. The van der Waals surface area contributed by atoms with E-state index in [1.54, 1.807) is 12.3 Å². The normalized spacial score (nSPS) is 14.0. The quantitative estimate of drug-likeness (QED) is 0.674. The number of benzene rings is 1. The Labute approximate surface area is 91.9 Å². The van der Waals surface area contributed by atoms with E-state index in [1.807, 2.05) is 6.07 Å². The number of aromatic nitrogens is 2.